The van der Waals surface area contributed by atoms with E-state index in [1.165, 1.54) is 25.7 Å². The molecule has 0 aromatic heterocycles. The minimum atomic E-state index is -0.191. The van der Waals surface area contributed by atoms with E-state index in [4.69, 9.17) is 5.73 Å². The fourth-order valence-electron chi connectivity index (χ4n) is 2.33. The zero-order valence-corrected chi connectivity index (χ0v) is 8.53. The van der Waals surface area contributed by atoms with E-state index in [1.54, 1.807) is 0 Å². The molecule has 2 rings (SSSR count). The third-order valence-electron chi connectivity index (χ3n) is 3.44. The van der Waals surface area contributed by atoms with Crippen LogP contribution >= 0.6 is 12.4 Å². The van der Waals surface area contributed by atoms with Gasteiger partial charge in [0.25, 0.3) is 0 Å². The lowest BCUT2D eigenvalue weighted by Crippen LogP contribution is -2.53. The molecule has 3 N–H and O–H groups in total. The van der Waals surface area contributed by atoms with Gasteiger partial charge in [-0.05, 0) is 31.1 Å². The maximum atomic E-state index is 10.8. The summed E-state index contributed by atoms with van der Waals surface area (Å²) in [5.41, 5.74) is 5.76. The molecule has 1 spiro atoms. The maximum Gasteiger partial charge on any atom is 0.234 e. The molecule has 13 heavy (non-hydrogen) atoms. The first-order valence-corrected chi connectivity index (χ1v) is 4.75. The van der Waals surface area contributed by atoms with Crippen LogP contribution in [-0.4, -0.2) is 18.5 Å². The van der Waals surface area contributed by atoms with Crippen molar-refractivity contribution in [2.24, 2.45) is 11.1 Å². The molecule has 1 aliphatic heterocycles. The number of amides is 1. The van der Waals surface area contributed by atoms with E-state index in [1.807, 2.05) is 0 Å². The van der Waals surface area contributed by atoms with Gasteiger partial charge < -0.3 is 11.1 Å². The summed E-state index contributed by atoms with van der Waals surface area (Å²) >= 11 is 0. The monoisotopic (exact) mass is 204 g/mol. The molecule has 1 amide bonds. The highest BCUT2D eigenvalue weighted by Crippen LogP contribution is 2.46. The van der Waals surface area contributed by atoms with Gasteiger partial charge in [0.05, 0.1) is 6.04 Å². The van der Waals surface area contributed by atoms with Gasteiger partial charge >= 0.3 is 0 Å². The van der Waals surface area contributed by atoms with Crippen molar-refractivity contribution in [3.63, 3.8) is 0 Å². The van der Waals surface area contributed by atoms with Gasteiger partial charge in [-0.15, -0.1) is 12.4 Å². The van der Waals surface area contributed by atoms with Crippen LogP contribution in [0, 0.1) is 5.41 Å². The summed E-state index contributed by atoms with van der Waals surface area (Å²) in [5, 5.41) is 3.24. The Bertz CT molecular complexity index is 194. The zero-order chi connectivity index (χ0) is 8.60. The van der Waals surface area contributed by atoms with Crippen molar-refractivity contribution in [2.45, 2.75) is 38.1 Å². The average molecular weight is 205 g/mol. The second-order valence-electron chi connectivity index (χ2n) is 4.23. The van der Waals surface area contributed by atoms with E-state index in [0.29, 0.717) is 5.41 Å². The fraction of sp³-hybridized carbons (Fsp3) is 0.889. The van der Waals surface area contributed by atoms with Crippen molar-refractivity contribution in [1.82, 2.24) is 5.32 Å². The predicted molar refractivity (Wildman–Crippen MR) is 53.8 cm³/mol. The van der Waals surface area contributed by atoms with Crippen molar-refractivity contribution in [2.75, 3.05) is 6.54 Å². The Morgan fingerprint density at radius 2 is 2.08 bits per heavy atom. The molecule has 1 atom stereocenters. The van der Waals surface area contributed by atoms with E-state index < -0.39 is 0 Å². The van der Waals surface area contributed by atoms with Crippen molar-refractivity contribution in [3.8, 4) is 0 Å². The van der Waals surface area contributed by atoms with Crippen LogP contribution in [-0.2, 0) is 4.79 Å². The van der Waals surface area contributed by atoms with Gasteiger partial charge in [-0.25, -0.2) is 0 Å². The van der Waals surface area contributed by atoms with Gasteiger partial charge in [0.15, 0.2) is 0 Å². The smallest absolute Gasteiger partial charge is 0.234 e. The van der Waals surface area contributed by atoms with E-state index in [-0.39, 0.29) is 24.4 Å². The summed E-state index contributed by atoms with van der Waals surface area (Å²) in [6, 6.07) is -0.0591. The number of hydrogen-bond acceptors (Lipinski definition) is 2. The lowest BCUT2D eigenvalue weighted by atomic mass is 9.64. The minimum absolute atomic E-state index is 0. The van der Waals surface area contributed by atoms with Crippen molar-refractivity contribution >= 4 is 18.3 Å². The molecule has 76 valence electrons. The first-order chi connectivity index (χ1) is 5.72. The SMILES string of the molecule is Cl.NC(=O)C1CCC2(CCC2)CN1. The first-order valence-electron chi connectivity index (χ1n) is 4.75. The van der Waals surface area contributed by atoms with Crippen molar-refractivity contribution < 1.29 is 4.79 Å². The minimum Gasteiger partial charge on any atom is -0.368 e. The molecular weight excluding hydrogens is 188 g/mol. The molecule has 1 saturated carbocycles. The Hall–Kier alpha value is -0.280. The number of carbonyl (C=O) groups excluding carboxylic acids is 1. The third-order valence-corrected chi connectivity index (χ3v) is 3.44. The van der Waals surface area contributed by atoms with Crippen molar-refractivity contribution in [3.05, 3.63) is 0 Å². The summed E-state index contributed by atoms with van der Waals surface area (Å²) in [6.45, 7) is 1.00. The average Bonchev–Trinajstić information content (AvgIpc) is 2.02. The lowest BCUT2D eigenvalue weighted by Gasteiger charge is -2.46. The van der Waals surface area contributed by atoms with Gasteiger partial charge in [0.2, 0.25) is 5.91 Å². The molecule has 0 aromatic rings. The molecule has 1 heterocycles. The molecule has 0 aromatic carbocycles. The zero-order valence-electron chi connectivity index (χ0n) is 7.71. The third kappa shape index (κ3) is 1.97. The van der Waals surface area contributed by atoms with E-state index >= 15 is 0 Å². The van der Waals surface area contributed by atoms with Crippen LogP contribution in [0.2, 0.25) is 0 Å². The largest absolute Gasteiger partial charge is 0.368 e. The number of rotatable bonds is 1. The molecule has 4 heteroatoms. The standard InChI is InChI=1S/C9H16N2O.ClH/c10-8(12)7-2-5-9(6-11-7)3-1-4-9;/h7,11H,1-6H2,(H2,10,12);1H. The van der Waals surface area contributed by atoms with Crippen LogP contribution in [0.4, 0.5) is 0 Å². The normalized spacial score (nSPS) is 30.3. The summed E-state index contributed by atoms with van der Waals surface area (Å²) in [6.07, 6.45) is 6.17. The van der Waals surface area contributed by atoms with Gasteiger partial charge in [-0.1, -0.05) is 6.42 Å². The predicted octanol–water partition coefficient (Wildman–Crippen LogP) is 0.816. The Morgan fingerprint density at radius 3 is 2.38 bits per heavy atom. The summed E-state index contributed by atoms with van der Waals surface area (Å²) in [5.74, 6) is -0.191. The number of carbonyl (C=O) groups is 1. The van der Waals surface area contributed by atoms with Gasteiger partial charge in [-0.3, -0.25) is 4.79 Å². The van der Waals surface area contributed by atoms with Crippen LogP contribution in [0.5, 0.6) is 0 Å². The highest BCUT2D eigenvalue weighted by Gasteiger charge is 2.40. The van der Waals surface area contributed by atoms with Crippen LogP contribution in [0.25, 0.3) is 0 Å². The highest BCUT2D eigenvalue weighted by molar-refractivity contribution is 5.85. The second kappa shape index (κ2) is 3.84. The van der Waals surface area contributed by atoms with E-state index in [0.717, 1.165) is 13.0 Å². The van der Waals surface area contributed by atoms with E-state index in [2.05, 4.69) is 5.32 Å². The maximum absolute atomic E-state index is 10.8. The van der Waals surface area contributed by atoms with Crippen LogP contribution < -0.4 is 11.1 Å². The quantitative estimate of drug-likeness (QED) is 0.665. The number of piperidine rings is 1. The van der Waals surface area contributed by atoms with Gasteiger partial charge in [0, 0.05) is 6.54 Å². The van der Waals surface area contributed by atoms with Gasteiger partial charge in [-0.2, -0.15) is 0 Å². The van der Waals surface area contributed by atoms with Crippen LogP contribution in [0.3, 0.4) is 0 Å². The number of nitrogens with one attached hydrogen (secondary N) is 1. The summed E-state index contributed by atoms with van der Waals surface area (Å²) in [7, 11) is 0. The number of primary amides is 1. The number of hydrogen-bond donors (Lipinski definition) is 2. The van der Waals surface area contributed by atoms with Crippen molar-refractivity contribution in [1.29, 1.82) is 0 Å². The lowest BCUT2D eigenvalue weighted by molar-refractivity contribution is -0.121. The molecule has 2 aliphatic rings. The Labute approximate surface area is 84.9 Å². The fourth-order valence-corrected chi connectivity index (χ4v) is 2.33. The Morgan fingerprint density at radius 1 is 1.38 bits per heavy atom. The Kier molecular flexibility index (Phi) is 3.19. The number of halogens is 1. The molecule has 1 aliphatic carbocycles. The summed E-state index contributed by atoms with van der Waals surface area (Å²) < 4.78 is 0. The topological polar surface area (TPSA) is 55.1 Å². The molecule has 0 radical (unpaired) electrons. The van der Waals surface area contributed by atoms with Gasteiger partial charge in [0.1, 0.15) is 0 Å². The summed E-state index contributed by atoms with van der Waals surface area (Å²) in [4.78, 5) is 10.8. The molecule has 1 saturated heterocycles. The second-order valence-corrected chi connectivity index (χ2v) is 4.23. The molecule has 3 nitrogen and oxygen atoms in total. The first kappa shape index (κ1) is 10.8. The molecule has 0 bridgehead atoms. The van der Waals surface area contributed by atoms with E-state index in [9.17, 15) is 4.79 Å². The molecular formula is C9H17ClN2O. The number of nitrogens with two attached hydrogens (primary N) is 1. The molecule has 1 unspecified atom stereocenters. The highest BCUT2D eigenvalue weighted by atomic mass is 35.5. The Balaban J connectivity index is 0.000000845. The molecule has 2 fully saturated rings. The van der Waals surface area contributed by atoms with Crippen LogP contribution in [0.1, 0.15) is 32.1 Å². The van der Waals surface area contributed by atoms with Crippen LogP contribution in [0.15, 0.2) is 0 Å².